The maximum atomic E-state index is 13.3. The number of aromatic amines is 1. The molecule has 0 spiro atoms. The van der Waals surface area contributed by atoms with E-state index >= 15 is 0 Å². The fourth-order valence-corrected chi connectivity index (χ4v) is 7.72. The molecular formula is C51H57N7O10. The number of carboxylic acid groups (broad SMARTS) is 1. The molecule has 1 aliphatic rings. The van der Waals surface area contributed by atoms with Crippen LogP contribution in [0.15, 0.2) is 132 Å². The minimum Gasteiger partial charge on any atom is -0.480 e. The van der Waals surface area contributed by atoms with Crippen molar-refractivity contribution >= 4 is 35.6 Å². The first-order valence-corrected chi connectivity index (χ1v) is 22.2. The fraction of sp³-hybridized carbons (Fsp3) is 0.314. The smallest absolute Gasteiger partial charge is 0.337 e. The number of carbonyl (C=O) groups is 4. The average molecular weight is 928 g/mol. The Morgan fingerprint density at radius 2 is 1.53 bits per heavy atom. The Bertz CT molecular complexity index is 2610. The maximum absolute atomic E-state index is 13.3. The molecule has 3 N–H and O–H groups in total. The van der Waals surface area contributed by atoms with Crippen molar-refractivity contribution < 1.29 is 43.4 Å². The number of aromatic nitrogens is 4. The summed E-state index contributed by atoms with van der Waals surface area (Å²) in [5.41, 5.74) is 6.16. The molecule has 1 unspecified atom stereocenters. The molecule has 0 fully saturated rings. The summed E-state index contributed by atoms with van der Waals surface area (Å²) < 4.78 is 15.8. The summed E-state index contributed by atoms with van der Waals surface area (Å²) in [4.78, 5) is 63.5. The van der Waals surface area contributed by atoms with E-state index in [1.807, 2.05) is 106 Å². The zero-order valence-electron chi connectivity index (χ0n) is 39.0. The van der Waals surface area contributed by atoms with E-state index in [1.54, 1.807) is 26.0 Å². The number of hydrogen-bond donors (Lipinski definition) is 3. The number of nitro groups is 1. The maximum Gasteiger partial charge on any atom is 0.337 e. The number of nitro benzene ring substituents is 1. The number of hydrogen-bond acceptors (Lipinski definition) is 13. The van der Waals surface area contributed by atoms with Crippen LogP contribution in [-0.4, -0.2) is 92.3 Å². The lowest BCUT2D eigenvalue weighted by Gasteiger charge is -2.32. The number of H-pyrrole nitrogens is 1. The third kappa shape index (κ3) is 13.6. The minimum atomic E-state index is -0.976. The number of ether oxygens (including phenoxy) is 3. The zero-order valence-corrected chi connectivity index (χ0v) is 39.0. The van der Waals surface area contributed by atoms with E-state index in [9.17, 15) is 34.4 Å². The van der Waals surface area contributed by atoms with Crippen molar-refractivity contribution in [3.8, 4) is 22.5 Å². The average Bonchev–Trinajstić information content (AvgIpc) is 3.88. The molecule has 0 saturated heterocycles. The molecule has 0 bridgehead atoms. The highest BCUT2D eigenvalue weighted by atomic mass is 16.6. The van der Waals surface area contributed by atoms with Crippen molar-refractivity contribution in [2.75, 3.05) is 26.9 Å². The van der Waals surface area contributed by atoms with Crippen LogP contribution in [0.3, 0.4) is 0 Å². The van der Waals surface area contributed by atoms with Gasteiger partial charge in [-0.3, -0.25) is 14.9 Å². The minimum absolute atomic E-state index is 0.00246. The molecule has 17 heteroatoms. The van der Waals surface area contributed by atoms with Gasteiger partial charge in [-0.1, -0.05) is 124 Å². The number of dihydropyridines is 1. The fourth-order valence-electron chi connectivity index (χ4n) is 7.72. The second kappa shape index (κ2) is 25.2. The van der Waals surface area contributed by atoms with E-state index in [4.69, 9.17) is 14.2 Å². The predicted molar refractivity (Wildman–Crippen MR) is 255 cm³/mol. The second-order valence-corrected chi connectivity index (χ2v) is 16.2. The number of non-ortho nitro benzene ring substituents is 1. The topological polar surface area (TPSA) is 229 Å². The summed E-state index contributed by atoms with van der Waals surface area (Å²) in [7, 11) is 1.48. The Hall–Kier alpha value is -7.79. The van der Waals surface area contributed by atoms with Crippen molar-refractivity contribution in [1.82, 2.24) is 30.8 Å². The number of rotatable bonds is 20. The Kier molecular flexibility index (Phi) is 19.0. The third-order valence-electron chi connectivity index (χ3n) is 11.0. The first-order valence-electron chi connectivity index (χ1n) is 22.2. The number of methoxy groups -OCH3 is 1. The van der Waals surface area contributed by atoms with Gasteiger partial charge in [0.2, 0.25) is 11.7 Å². The van der Waals surface area contributed by atoms with Crippen molar-refractivity contribution in [2.24, 2.45) is 5.92 Å². The zero-order chi connectivity index (χ0) is 49.2. The van der Waals surface area contributed by atoms with Gasteiger partial charge >= 0.3 is 17.9 Å². The highest BCUT2D eigenvalue weighted by Crippen LogP contribution is 2.40. The van der Waals surface area contributed by atoms with Gasteiger partial charge < -0.3 is 29.5 Å². The molecule has 6 rings (SSSR count). The number of tetrazole rings is 1. The van der Waals surface area contributed by atoms with Gasteiger partial charge in [-0.25, -0.2) is 14.4 Å². The van der Waals surface area contributed by atoms with Crippen LogP contribution >= 0.6 is 0 Å². The van der Waals surface area contributed by atoms with Crippen LogP contribution in [0.2, 0.25) is 0 Å². The molecular weight excluding hydrogens is 871 g/mol. The molecule has 4 aromatic carbocycles. The number of aliphatic carboxylic acids is 1. The van der Waals surface area contributed by atoms with Crippen molar-refractivity contribution in [3.05, 3.63) is 159 Å². The number of nitrogens with zero attached hydrogens (tertiary/aromatic N) is 5. The Labute approximate surface area is 395 Å². The highest BCUT2D eigenvalue weighted by molar-refractivity contribution is 6.00. The normalized spacial score (nSPS) is 13.9. The molecule has 2 heterocycles. The lowest BCUT2D eigenvalue weighted by Crippen LogP contribution is -2.47. The number of nitrogens with one attached hydrogen (secondary N) is 2. The Balaban J connectivity index is 0.000000256. The molecule has 1 amide bonds. The number of amides is 1. The van der Waals surface area contributed by atoms with Crippen LogP contribution < -0.4 is 5.32 Å². The molecule has 356 valence electrons. The molecule has 2 atom stereocenters. The summed E-state index contributed by atoms with van der Waals surface area (Å²) in [6.45, 7) is 9.52. The number of allylic oxidation sites excluding steroid dienone is 2. The molecule has 17 nitrogen and oxygen atoms in total. The van der Waals surface area contributed by atoms with E-state index in [1.165, 1.54) is 30.2 Å². The number of benzene rings is 4. The largest absolute Gasteiger partial charge is 0.480 e. The second-order valence-electron chi connectivity index (χ2n) is 16.2. The van der Waals surface area contributed by atoms with Crippen molar-refractivity contribution in [2.45, 2.75) is 72.4 Å². The van der Waals surface area contributed by atoms with E-state index in [0.717, 1.165) is 40.7 Å². The Morgan fingerprint density at radius 1 is 0.868 bits per heavy atom. The van der Waals surface area contributed by atoms with Crippen molar-refractivity contribution in [3.63, 3.8) is 0 Å². The van der Waals surface area contributed by atoms with Crippen molar-refractivity contribution in [1.29, 1.82) is 0 Å². The lowest BCUT2D eigenvalue weighted by molar-refractivity contribution is -0.384. The molecule has 68 heavy (non-hydrogen) atoms. The number of carbonyl (C=O) groups excluding carboxylic acids is 3. The summed E-state index contributed by atoms with van der Waals surface area (Å²) in [5.74, 6) is -3.01. The summed E-state index contributed by atoms with van der Waals surface area (Å²) >= 11 is 0. The summed E-state index contributed by atoms with van der Waals surface area (Å²) in [6, 6.07) is 30.1. The quantitative estimate of drug-likeness (QED) is 0.0288. The number of unbranched alkanes of at least 4 members (excludes halogenated alkanes) is 1. The van der Waals surface area contributed by atoms with Gasteiger partial charge in [0.15, 0.2) is 0 Å². The Morgan fingerprint density at radius 3 is 2.13 bits per heavy atom. The van der Waals surface area contributed by atoms with Gasteiger partial charge in [-0.05, 0) is 65.3 Å². The first-order chi connectivity index (χ1) is 32.7. The standard InChI is InChI=1S/C27H28N2O7.C24H29N5O3/c1-18-23(26(30)35-14-8-11-20-9-5-4-6-10-20)25(21-12-7-13-22(17-21)29(32)33)24(19(2)28-18)27(31)36-16-15-34-3;1-4-5-10-21(30)29(22(16(2)3)24(31)32)15-17-11-13-18(14-12-17)19-8-6-7-9-20(19)23-25-27-28-26-23/h4-13,17,25,28H,14-16H2,1-3H3;6-9,11-14,16,22H,4-5,10,15H2,1-3H3,(H,31,32)(H,25,26,27,28)/b11-8+;/t;22-/m.0/s1. The van der Waals surface area contributed by atoms with Crippen LogP contribution in [0.25, 0.3) is 28.6 Å². The monoisotopic (exact) mass is 927 g/mol. The van der Waals surface area contributed by atoms with E-state index in [0.29, 0.717) is 29.2 Å². The molecule has 0 radical (unpaired) electrons. The molecule has 1 aliphatic heterocycles. The van der Waals surface area contributed by atoms with E-state index < -0.39 is 34.8 Å². The third-order valence-corrected chi connectivity index (χ3v) is 11.0. The molecule has 0 aliphatic carbocycles. The van der Waals surface area contributed by atoms with E-state index in [2.05, 4.69) is 25.9 Å². The van der Waals surface area contributed by atoms with Gasteiger partial charge in [-0.2, -0.15) is 5.21 Å². The van der Waals surface area contributed by atoms with Gasteiger partial charge in [0.1, 0.15) is 19.3 Å². The summed E-state index contributed by atoms with van der Waals surface area (Å²) in [5, 5.41) is 38.5. The van der Waals surface area contributed by atoms with Crippen LogP contribution in [0, 0.1) is 16.0 Å². The molecule has 5 aromatic rings. The first kappa shape index (κ1) is 51.2. The van der Waals surface area contributed by atoms with Crippen LogP contribution in [0.1, 0.15) is 76.5 Å². The van der Waals surface area contributed by atoms with Gasteiger partial charge in [0.05, 0.1) is 28.6 Å². The lowest BCUT2D eigenvalue weighted by atomic mass is 9.80. The van der Waals surface area contributed by atoms with Crippen LogP contribution in [0.5, 0.6) is 0 Å². The van der Waals surface area contributed by atoms with Gasteiger partial charge in [0.25, 0.3) is 5.69 Å². The van der Waals surface area contributed by atoms with Crippen LogP contribution in [-0.2, 0) is 39.9 Å². The van der Waals surface area contributed by atoms with Gasteiger partial charge in [0, 0.05) is 49.2 Å². The predicted octanol–water partition coefficient (Wildman–Crippen LogP) is 8.44. The number of esters is 2. The SMILES string of the molecule is CCCCC(=O)N(Cc1ccc(-c2ccccc2-c2nn[nH]n2)cc1)[C@H](C(=O)O)C(C)C.COCCOC(=O)C1=C(C)NC(C)=C(C(=O)OC/C=C/c2ccccc2)C1c1cccc([N+](=O)[O-])c1. The van der Waals surface area contributed by atoms with Gasteiger partial charge in [-0.15, -0.1) is 10.2 Å². The highest BCUT2D eigenvalue weighted by Gasteiger charge is 2.39. The molecule has 0 saturated carbocycles. The van der Waals surface area contributed by atoms with Crippen LogP contribution in [0.4, 0.5) is 5.69 Å². The summed E-state index contributed by atoms with van der Waals surface area (Å²) in [6.07, 6.45) is 5.51. The number of carboxylic acids is 1. The van der Waals surface area contributed by atoms with E-state index in [-0.39, 0.29) is 55.0 Å². The molecule has 1 aromatic heterocycles.